The van der Waals surface area contributed by atoms with E-state index in [0.29, 0.717) is 5.39 Å². The van der Waals surface area contributed by atoms with Crippen LogP contribution in [0.15, 0.2) is 66.7 Å². The minimum absolute atomic E-state index is 0.0567. The van der Waals surface area contributed by atoms with Crippen LogP contribution in [0.5, 0.6) is 5.75 Å². The molecule has 0 amide bonds. The Labute approximate surface area is 154 Å². The van der Waals surface area contributed by atoms with Crippen molar-refractivity contribution in [2.75, 3.05) is 0 Å². The van der Waals surface area contributed by atoms with Gasteiger partial charge in [-0.05, 0) is 45.1 Å². The van der Waals surface area contributed by atoms with E-state index in [1.807, 2.05) is 60.7 Å². The van der Waals surface area contributed by atoms with E-state index >= 15 is 0 Å². The molecule has 7 nitrogen and oxygen atoms in total. The van der Waals surface area contributed by atoms with Gasteiger partial charge in [-0.2, -0.15) is 0 Å². The van der Waals surface area contributed by atoms with Crippen LogP contribution in [0.4, 0.5) is 0 Å². The van der Waals surface area contributed by atoms with Crippen molar-refractivity contribution in [3.8, 4) is 5.75 Å². The van der Waals surface area contributed by atoms with Gasteiger partial charge in [-0.3, -0.25) is 0 Å². The summed E-state index contributed by atoms with van der Waals surface area (Å²) in [6, 6.07) is 20.5. The van der Waals surface area contributed by atoms with E-state index in [1.165, 1.54) is 4.86 Å². The van der Waals surface area contributed by atoms with Crippen LogP contribution in [0.3, 0.4) is 0 Å². The van der Waals surface area contributed by atoms with Crippen LogP contribution in [0.2, 0.25) is 0 Å². The summed E-state index contributed by atoms with van der Waals surface area (Å²) in [7, 11) is -9.75. The van der Waals surface area contributed by atoms with E-state index in [2.05, 4.69) is 0 Å². The van der Waals surface area contributed by atoms with Crippen molar-refractivity contribution < 1.29 is 28.3 Å². The quantitative estimate of drug-likeness (QED) is 0.228. The highest BCUT2D eigenvalue weighted by Gasteiger charge is 2.31. The molecule has 0 spiro atoms. The van der Waals surface area contributed by atoms with Crippen molar-refractivity contribution in [3.05, 3.63) is 66.7 Å². The molecule has 0 aliphatic rings. The average molecular weight is 403 g/mol. The number of rotatable bonds is 4. The van der Waals surface area contributed by atoms with E-state index in [9.17, 15) is 14.0 Å². The summed E-state index contributed by atoms with van der Waals surface area (Å²) in [5.41, 5.74) is 0. The van der Waals surface area contributed by atoms with Crippen molar-refractivity contribution in [2.45, 2.75) is 0 Å². The molecule has 0 bridgehead atoms. The molecule has 138 valence electrons. The molecule has 0 saturated heterocycles. The van der Waals surface area contributed by atoms with Crippen molar-refractivity contribution in [1.82, 2.24) is 4.86 Å². The molecule has 0 aliphatic heterocycles. The zero-order valence-corrected chi connectivity index (χ0v) is 15.6. The summed E-state index contributed by atoms with van der Waals surface area (Å²) >= 11 is 0. The van der Waals surface area contributed by atoms with Crippen LogP contribution in [0, 0.1) is 0 Å². The summed E-state index contributed by atoms with van der Waals surface area (Å²) in [6.07, 6.45) is 0. The number of hydrogen-bond acceptors (Lipinski definition) is 3. The normalized spacial score (nSPS) is 14.5. The molecule has 9 heteroatoms. The van der Waals surface area contributed by atoms with Crippen LogP contribution >= 0.6 is 15.5 Å². The highest BCUT2D eigenvalue weighted by Crippen LogP contribution is 2.50. The second-order valence-corrected chi connectivity index (χ2v) is 9.21. The molecule has 0 radical (unpaired) electrons. The minimum Gasteiger partial charge on any atom is -0.412 e. The lowest BCUT2D eigenvalue weighted by atomic mass is 9.97. The molecule has 0 saturated carbocycles. The molecular weight excluding hydrogens is 388 g/mol. The van der Waals surface area contributed by atoms with Crippen LogP contribution in [0.1, 0.15) is 0 Å². The summed E-state index contributed by atoms with van der Waals surface area (Å²) in [5, 5.41) is 4.97. The topological polar surface area (TPSA) is 116 Å². The Balaban J connectivity index is 1.99. The Morgan fingerprint density at radius 2 is 1.26 bits per heavy atom. The first-order chi connectivity index (χ1) is 12.7. The monoisotopic (exact) mass is 403 g/mol. The third kappa shape index (κ3) is 3.75. The summed E-state index contributed by atoms with van der Waals surface area (Å²) in [6.45, 7) is 0. The third-order valence-electron chi connectivity index (χ3n) is 4.17. The van der Waals surface area contributed by atoms with E-state index < -0.39 is 15.5 Å². The van der Waals surface area contributed by atoms with Gasteiger partial charge < -0.3 is 19.2 Å². The maximum Gasteiger partial charge on any atom is 0.465 e. The molecule has 1 atom stereocenters. The highest BCUT2D eigenvalue weighted by molar-refractivity contribution is 7.66. The first-order valence-corrected chi connectivity index (χ1v) is 11.1. The van der Waals surface area contributed by atoms with E-state index in [-0.39, 0.29) is 5.75 Å². The summed E-state index contributed by atoms with van der Waals surface area (Å²) < 4.78 is 28.4. The number of benzene rings is 4. The van der Waals surface area contributed by atoms with Gasteiger partial charge in [-0.15, -0.1) is 4.86 Å². The first kappa shape index (κ1) is 18.1. The summed E-state index contributed by atoms with van der Waals surface area (Å²) in [5.74, 6) is 0.0567. The molecule has 0 heterocycles. The van der Waals surface area contributed by atoms with Gasteiger partial charge in [0.25, 0.3) is 0 Å². The van der Waals surface area contributed by atoms with Crippen LogP contribution in [-0.4, -0.2) is 14.7 Å². The number of hydrogen-bond donors (Lipinski definition) is 4. The maximum atomic E-state index is 12.2. The molecular formula is C18H15NO6P2. The molecule has 4 rings (SSSR count). The van der Waals surface area contributed by atoms with Gasteiger partial charge in [-0.1, -0.05) is 48.5 Å². The minimum atomic E-state index is -4.96. The van der Waals surface area contributed by atoms with Gasteiger partial charge in [0.05, 0.1) is 0 Å². The van der Waals surface area contributed by atoms with Crippen molar-refractivity contribution in [2.24, 2.45) is 0 Å². The van der Waals surface area contributed by atoms with Gasteiger partial charge in [0.15, 0.2) is 0 Å². The average Bonchev–Trinajstić information content (AvgIpc) is 2.58. The Hall–Kier alpha value is -2.24. The molecule has 27 heavy (non-hydrogen) atoms. The first-order valence-electron chi connectivity index (χ1n) is 7.94. The molecule has 1 unspecified atom stereocenters. The third-order valence-corrected chi connectivity index (χ3v) is 6.66. The standard InChI is InChI=1S/C18H15NO6P2/c20-26(21,22)19-27(23,24)25-18-11-14-7-3-4-8-15(14)16-9-12-5-1-2-6-13(12)10-17(16)18/h1-11H,(H4,19,20,21,22,23,24). The number of nitrogens with one attached hydrogen (secondary N) is 1. The fraction of sp³-hybridized carbons (Fsp3) is 0. The van der Waals surface area contributed by atoms with E-state index in [1.54, 1.807) is 6.07 Å². The molecule has 0 fully saturated rings. The second kappa shape index (κ2) is 6.43. The van der Waals surface area contributed by atoms with Crippen LogP contribution < -0.4 is 9.38 Å². The molecule has 0 aliphatic carbocycles. The predicted molar refractivity (Wildman–Crippen MR) is 105 cm³/mol. The van der Waals surface area contributed by atoms with Gasteiger partial charge in [0, 0.05) is 5.39 Å². The highest BCUT2D eigenvalue weighted by atomic mass is 31.3. The van der Waals surface area contributed by atoms with Crippen LogP contribution in [-0.2, 0) is 9.13 Å². The van der Waals surface area contributed by atoms with E-state index in [4.69, 9.17) is 14.3 Å². The maximum absolute atomic E-state index is 12.2. The lowest BCUT2D eigenvalue weighted by Crippen LogP contribution is -2.10. The molecule has 4 N–H and O–H groups in total. The Morgan fingerprint density at radius 1 is 0.704 bits per heavy atom. The molecule has 0 aromatic heterocycles. The molecule has 4 aromatic carbocycles. The fourth-order valence-electron chi connectivity index (χ4n) is 3.15. The Kier molecular flexibility index (Phi) is 4.32. The van der Waals surface area contributed by atoms with Gasteiger partial charge >= 0.3 is 15.5 Å². The number of fused-ring (bicyclic) bond motifs is 4. The van der Waals surface area contributed by atoms with Gasteiger partial charge in [0.1, 0.15) is 5.75 Å². The lowest BCUT2D eigenvalue weighted by molar-refractivity contribution is 0.343. The smallest absolute Gasteiger partial charge is 0.412 e. The SMILES string of the molecule is O=P(O)(O)NP(=O)(O)Oc1cc2ccccc2c2cc3ccccc3cc12. The van der Waals surface area contributed by atoms with Crippen molar-refractivity contribution >= 4 is 47.8 Å². The van der Waals surface area contributed by atoms with Crippen molar-refractivity contribution in [1.29, 1.82) is 0 Å². The predicted octanol–water partition coefficient (Wildman–Crippen LogP) is 4.31. The van der Waals surface area contributed by atoms with Gasteiger partial charge in [0.2, 0.25) is 0 Å². The molecule has 4 aromatic rings. The zero-order valence-electron chi connectivity index (χ0n) is 13.8. The van der Waals surface area contributed by atoms with Crippen molar-refractivity contribution in [3.63, 3.8) is 0 Å². The van der Waals surface area contributed by atoms with Crippen LogP contribution in [0.25, 0.3) is 32.3 Å². The van der Waals surface area contributed by atoms with E-state index in [0.717, 1.165) is 26.9 Å². The second-order valence-electron chi connectivity index (χ2n) is 6.10. The zero-order chi connectivity index (χ0) is 19.2. The Bertz CT molecular complexity index is 1280. The van der Waals surface area contributed by atoms with Gasteiger partial charge in [-0.25, -0.2) is 9.13 Å². The summed E-state index contributed by atoms with van der Waals surface area (Å²) in [4.78, 5) is 29.1. The Morgan fingerprint density at radius 3 is 1.89 bits per heavy atom. The largest absolute Gasteiger partial charge is 0.465 e. The fourth-order valence-corrected chi connectivity index (χ4v) is 5.05. The lowest BCUT2D eigenvalue weighted by Gasteiger charge is -2.17.